The maximum atomic E-state index is 14.2. The van der Waals surface area contributed by atoms with Crippen LogP contribution in [0.3, 0.4) is 0 Å². The van der Waals surface area contributed by atoms with E-state index in [4.69, 9.17) is 15.9 Å². The molecule has 0 saturated carbocycles. The summed E-state index contributed by atoms with van der Waals surface area (Å²) in [4.78, 5) is 2.04. The van der Waals surface area contributed by atoms with E-state index in [9.17, 15) is 9.50 Å². The smallest absolute Gasteiger partial charge is 0.138 e. The standard InChI is InChI=1S/C14H20FN3O2/c1-9-5-18(7-11(8-19)20-9)6-10-3-2-4-12(13(10)15)14(16)17/h2-4,9,11,19H,5-8H2,1H3,(H3,16,17). The van der Waals surface area contributed by atoms with Gasteiger partial charge < -0.3 is 15.6 Å². The molecule has 0 aromatic heterocycles. The van der Waals surface area contributed by atoms with E-state index in [2.05, 4.69) is 0 Å². The third-order valence-electron chi connectivity index (χ3n) is 3.37. The molecule has 1 aliphatic rings. The summed E-state index contributed by atoms with van der Waals surface area (Å²) in [7, 11) is 0. The summed E-state index contributed by atoms with van der Waals surface area (Å²) in [5.41, 5.74) is 5.99. The fraction of sp³-hybridized carbons (Fsp3) is 0.500. The molecule has 1 aliphatic heterocycles. The van der Waals surface area contributed by atoms with Crippen LogP contribution in [-0.2, 0) is 11.3 Å². The zero-order valence-electron chi connectivity index (χ0n) is 11.5. The van der Waals surface area contributed by atoms with Crippen LogP contribution in [0.4, 0.5) is 4.39 Å². The van der Waals surface area contributed by atoms with Gasteiger partial charge in [0.15, 0.2) is 0 Å². The topological polar surface area (TPSA) is 82.6 Å². The van der Waals surface area contributed by atoms with Crippen molar-refractivity contribution >= 4 is 5.84 Å². The Morgan fingerprint density at radius 3 is 2.95 bits per heavy atom. The first-order valence-corrected chi connectivity index (χ1v) is 6.61. The Labute approximate surface area is 117 Å². The molecule has 0 bridgehead atoms. The van der Waals surface area contributed by atoms with Crippen LogP contribution in [0.1, 0.15) is 18.1 Å². The van der Waals surface area contributed by atoms with Gasteiger partial charge in [-0.15, -0.1) is 0 Å². The number of benzene rings is 1. The largest absolute Gasteiger partial charge is 0.394 e. The molecule has 0 amide bonds. The molecule has 20 heavy (non-hydrogen) atoms. The SMILES string of the molecule is CC1CN(Cc2cccc(C(=N)N)c2F)CC(CO)O1. The molecule has 1 saturated heterocycles. The number of nitrogens with two attached hydrogens (primary N) is 1. The summed E-state index contributed by atoms with van der Waals surface area (Å²) in [5, 5.41) is 16.6. The molecule has 4 N–H and O–H groups in total. The van der Waals surface area contributed by atoms with Crippen molar-refractivity contribution in [3.63, 3.8) is 0 Å². The van der Waals surface area contributed by atoms with Crippen LogP contribution < -0.4 is 5.73 Å². The molecular weight excluding hydrogens is 261 g/mol. The van der Waals surface area contributed by atoms with Crippen LogP contribution in [-0.4, -0.2) is 47.7 Å². The van der Waals surface area contributed by atoms with Crippen LogP contribution >= 0.6 is 0 Å². The second-order valence-electron chi connectivity index (χ2n) is 5.14. The Morgan fingerprint density at radius 2 is 2.30 bits per heavy atom. The van der Waals surface area contributed by atoms with Crippen molar-refractivity contribution in [3.05, 3.63) is 35.1 Å². The minimum absolute atomic E-state index is 0.0000454. The van der Waals surface area contributed by atoms with Crippen molar-refractivity contribution < 1.29 is 14.2 Å². The molecule has 2 atom stereocenters. The first-order chi connectivity index (χ1) is 9.51. The Bertz CT molecular complexity index is 495. The Balaban J connectivity index is 2.13. The highest BCUT2D eigenvalue weighted by Crippen LogP contribution is 2.18. The lowest BCUT2D eigenvalue weighted by molar-refractivity contribution is -0.0974. The number of aliphatic hydroxyl groups excluding tert-OH is 1. The number of nitrogen functional groups attached to an aromatic ring is 1. The molecule has 1 heterocycles. The fourth-order valence-electron chi connectivity index (χ4n) is 2.52. The van der Waals surface area contributed by atoms with Gasteiger partial charge in [-0.3, -0.25) is 10.3 Å². The molecule has 1 fully saturated rings. The number of nitrogens with one attached hydrogen (secondary N) is 1. The number of hydrogen-bond acceptors (Lipinski definition) is 4. The van der Waals surface area contributed by atoms with E-state index in [-0.39, 0.29) is 30.2 Å². The summed E-state index contributed by atoms with van der Waals surface area (Å²) in [5.74, 6) is -0.715. The van der Waals surface area contributed by atoms with Gasteiger partial charge in [0.25, 0.3) is 0 Å². The number of ether oxygens (including phenoxy) is 1. The van der Waals surface area contributed by atoms with Gasteiger partial charge in [0.2, 0.25) is 0 Å². The normalized spacial score (nSPS) is 23.8. The third kappa shape index (κ3) is 3.33. The van der Waals surface area contributed by atoms with E-state index in [0.29, 0.717) is 25.2 Å². The third-order valence-corrected chi connectivity index (χ3v) is 3.37. The van der Waals surface area contributed by atoms with Gasteiger partial charge in [-0.1, -0.05) is 12.1 Å². The zero-order chi connectivity index (χ0) is 14.7. The average Bonchev–Trinajstić information content (AvgIpc) is 2.40. The van der Waals surface area contributed by atoms with Gasteiger partial charge in [0, 0.05) is 25.2 Å². The first-order valence-electron chi connectivity index (χ1n) is 6.61. The highest BCUT2D eigenvalue weighted by atomic mass is 19.1. The van der Waals surface area contributed by atoms with Gasteiger partial charge >= 0.3 is 0 Å². The van der Waals surface area contributed by atoms with Crippen molar-refractivity contribution in [2.24, 2.45) is 5.73 Å². The first kappa shape index (κ1) is 14.9. The number of nitrogens with zero attached hydrogens (tertiary/aromatic N) is 1. The molecule has 1 aromatic carbocycles. The number of rotatable bonds is 4. The fourth-order valence-corrected chi connectivity index (χ4v) is 2.52. The number of halogens is 1. The maximum Gasteiger partial charge on any atom is 0.138 e. The minimum atomic E-state index is -0.445. The van der Waals surface area contributed by atoms with Crippen LogP contribution in [0.2, 0.25) is 0 Å². The van der Waals surface area contributed by atoms with E-state index >= 15 is 0 Å². The van der Waals surface area contributed by atoms with Crippen molar-refractivity contribution in [1.29, 1.82) is 5.41 Å². The lowest BCUT2D eigenvalue weighted by atomic mass is 10.1. The molecule has 6 heteroatoms. The summed E-state index contributed by atoms with van der Waals surface area (Å²) in [6, 6.07) is 4.89. The van der Waals surface area contributed by atoms with Gasteiger partial charge in [-0.25, -0.2) is 4.39 Å². The molecule has 0 radical (unpaired) electrons. The molecule has 2 unspecified atom stereocenters. The lowest BCUT2D eigenvalue weighted by Gasteiger charge is -2.36. The van der Waals surface area contributed by atoms with Crippen LogP contribution in [0.15, 0.2) is 18.2 Å². The van der Waals surface area contributed by atoms with Gasteiger partial charge in [-0.2, -0.15) is 0 Å². The van der Waals surface area contributed by atoms with Gasteiger partial charge in [-0.05, 0) is 13.0 Å². The van der Waals surface area contributed by atoms with Gasteiger partial charge in [0.05, 0.1) is 24.4 Å². The molecule has 5 nitrogen and oxygen atoms in total. The van der Waals surface area contributed by atoms with Crippen LogP contribution in [0.5, 0.6) is 0 Å². The summed E-state index contributed by atoms with van der Waals surface area (Å²) in [6.07, 6.45) is -0.238. The summed E-state index contributed by atoms with van der Waals surface area (Å²) in [6.45, 7) is 3.54. The lowest BCUT2D eigenvalue weighted by Crippen LogP contribution is -2.47. The average molecular weight is 281 g/mol. The quantitative estimate of drug-likeness (QED) is 0.560. The zero-order valence-corrected chi connectivity index (χ0v) is 11.5. The molecule has 1 aromatic rings. The summed E-state index contributed by atoms with van der Waals surface area (Å²) < 4.78 is 19.8. The van der Waals surface area contributed by atoms with Crippen molar-refractivity contribution in [2.75, 3.05) is 19.7 Å². The number of aliphatic hydroxyl groups is 1. The van der Waals surface area contributed by atoms with E-state index in [1.165, 1.54) is 6.07 Å². The predicted octanol–water partition coefficient (Wildman–Crippen LogP) is 0.691. The molecule has 2 rings (SSSR count). The highest BCUT2D eigenvalue weighted by Gasteiger charge is 2.25. The number of morpholine rings is 1. The highest BCUT2D eigenvalue weighted by molar-refractivity contribution is 5.95. The Hall–Kier alpha value is -1.50. The van der Waals surface area contributed by atoms with Crippen molar-refractivity contribution in [1.82, 2.24) is 4.90 Å². The Kier molecular flexibility index (Phi) is 4.69. The monoisotopic (exact) mass is 281 g/mol. The van der Waals surface area contributed by atoms with Gasteiger partial charge in [0.1, 0.15) is 11.7 Å². The van der Waals surface area contributed by atoms with Crippen LogP contribution in [0.25, 0.3) is 0 Å². The number of amidine groups is 1. The second-order valence-corrected chi connectivity index (χ2v) is 5.14. The molecule has 0 aliphatic carbocycles. The maximum absolute atomic E-state index is 14.2. The summed E-state index contributed by atoms with van der Waals surface area (Å²) >= 11 is 0. The van der Waals surface area contributed by atoms with E-state index in [0.717, 1.165) is 0 Å². The van der Waals surface area contributed by atoms with E-state index in [1.807, 2.05) is 11.8 Å². The Morgan fingerprint density at radius 1 is 1.55 bits per heavy atom. The predicted molar refractivity (Wildman–Crippen MR) is 74.1 cm³/mol. The van der Waals surface area contributed by atoms with E-state index in [1.54, 1.807) is 12.1 Å². The van der Waals surface area contributed by atoms with Crippen molar-refractivity contribution in [2.45, 2.75) is 25.7 Å². The molecule has 110 valence electrons. The molecular formula is C14H20FN3O2. The van der Waals surface area contributed by atoms with Crippen LogP contribution in [0, 0.1) is 11.2 Å². The second kappa shape index (κ2) is 6.30. The van der Waals surface area contributed by atoms with E-state index < -0.39 is 5.82 Å². The minimum Gasteiger partial charge on any atom is -0.394 e. The molecule has 0 spiro atoms. The van der Waals surface area contributed by atoms with Crippen molar-refractivity contribution in [3.8, 4) is 0 Å². The number of hydrogen-bond donors (Lipinski definition) is 3.